The highest BCUT2D eigenvalue weighted by Crippen LogP contribution is 2.10. The maximum absolute atomic E-state index is 11.1. The first-order chi connectivity index (χ1) is 5.95. The third kappa shape index (κ3) is 9.40. The Morgan fingerprint density at radius 3 is 2.54 bits per heavy atom. The van der Waals surface area contributed by atoms with Gasteiger partial charge in [0.2, 0.25) is 0 Å². The van der Waals surface area contributed by atoms with Gasteiger partial charge < -0.3 is 9.53 Å². The van der Waals surface area contributed by atoms with Crippen molar-refractivity contribution in [3.8, 4) is 0 Å². The predicted octanol–water partition coefficient (Wildman–Crippen LogP) is 1.65. The predicted molar refractivity (Wildman–Crippen MR) is 53.9 cm³/mol. The smallest absolute Gasteiger partial charge is 0.316 e. The molecule has 0 spiro atoms. The van der Waals surface area contributed by atoms with Crippen molar-refractivity contribution < 1.29 is 14.3 Å². The average molecular weight is 204 g/mol. The van der Waals surface area contributed by atoms with Crippen molar-refractivity contribution >= 4 is 24.0 Å². The summed E-state index contributed by atoms with van der Waals surface area (Å²) in [5, 5.41) is 0. The Hall–Kier alpha value is -0.510. The number of hydrogen-bond acceptors (Lipinski definition) is 4. The number of hydrogen-bond donors (Lipinski definition) is 0. The molecule has 0 radical (unpaired) electrons. The topological polar surface area (TPSA) is 43.4 Å². The van der Waals surface area contributed by atoms with Gasteiger partial charge in [-0.15, -0.1) is 11.8 Å². The lowest BCUT2D eigenvalue weighted by Crippen LogP contribution is -2.25. The summed E-state index contributed by atoms with van der Waals surface area (Å²) < 4.78 is 5.07. The van der Waals surface area contributed by atoms with Crippen molar-refractivity contribution in [2.45, 2.75) is 32.8 Å². The molecule has 13 heavy (non-hydrogen) atoms. The lowest BCUT2D eigenvalue weighted by atomic mass is 10.2. The van der Waals surface area contributed by atoms with Gasteiger partial charge in [-0.05, 0) is 20.8 Å². The van der Waals surface area contributed by atoms with E-state index in [1.165, 1.54) is 11.8 Å². The number of aldehydes is 1. The van der Waals surface area contributed by atoms with Crippen LogP contribution in [0.1, 0.15) is 27.2 Å². The zero-order valence-corrected chi connectivity index (χ0v) is 9.15. The molecule has 0 aliphatic rings. The van der Waals surface area contributed by atoms with Crippen LogP contribution in [0.25, 0.3) is 0 Å². The molecular formula is C9H16O3S. The molecule has 0 unspecified atom stereocenters. The molecule has 0 aromatic carbocycles. The van der Waals surface area contributed by atoms with Crippen LogP contribution < -0.4 is 0 Å². The molecular weight excluding hydrogens is 188 g/mol. The average Bonchev–Trinajstić information content (AvgIpc) is 1.94. The molecule has 0 heterocycles. The minimum Gasteiger partial charge on any atom is -0.459 e. The summed E-state index contributed by atoms with van der Waals surface area (Å²) in [6, 6.07) is 0. The zero-order valence-electron chi connectivity index (χ0n) is 8.33. The zero-order chi connectivity index (χ0) is 10.3. The minimum absolute atomic E-state index is 0.219. The Labute approximate surface area is 83.2 Å². The van der Waals surface area contributed by atoms with Crippen molar-refractivity contribution in [1.82, 2.24) is 0 Å². The van der Waals surface area contributed by atoms with Crippen LogP contribution in [0.3, 0.4) is 0 Å². The molecule has 0 N–H and O–H groups in total. The van der Waals surface area contributed by atoms with Crippen molar-refractivity contribution in [1.29, 1.82) is 0 Å². The highest BCUT2D eigenvalue weighted by Gasteiger charge is 2.15. The molecule has 0 amide bonds. The second-order valence-electron chi connectivity index (χ2n) is 3.59. The second kappa shape index (κ2) is 6.02. The van der Waals surface area contributed by atoms with Gasteiger partial charge in [0.15, 0.2) is 0 Å². The SMILES string of the molecule is CC(C)(C)OC(=O)CSCCC=O. The van der Waals surface area contributed by atoms with Gasteiger partial charge >= 0.3 is 5.97 Å². The van der Waals surface area contributed by atoms with E-state index in [4.69, 9.17) is 4.74 Å². The van der Waals surface area contributed by atoms with Crippen LogP contribution in [0.4, 0.5) is 0 Å². The van der Waals surface area contributed by atoms with Gasteiger partial charge in [-0.3, -0.25) is 4.79 Å². The maximum Gasteiger partial charge on any atom is 0.316 e. The highest BCUT2D eigenvalue weighted by molar-refractivity contribution is 7.99. The van der Waals surface area contributed by atoms with E-state index in [1.54, 1.807) is 0 Å². The van der Waals surface area contributed by atoms with Gasteiger partial charge in [-0.1, -0.05) is 0 Å². The van der Waals surface area contributed by atoms with E-state index in [2.05, 4.69) is 0 Å². The summed E-state index contributed by atoms with van der Waals surface area (Å²) in [6.45, 7) is 5.50. The molecule has 76 valence electrons. The lowest BCUT2D eigenvalue weighted by Gasteiger charge is -2.19. The van der Waals surface area contributed by atoms with Gasteiger partial charge in [0.1, 0.15) is 11.9 Å². The van der Waals surface area contributed by atoms with E-state index in [9.17, 15) is 9.59 Å². The van der Waals surface area contributed by atoms with E-state index in [0.29, 0.717) is 17.9 Å². The van der Waals surface area contributed by atoms with E-state index in [1.807, 2.05) is 20.8 Å². The fourth-order valence-corrected chi connectivity index (χ4v) is 1.29. The summed E-state index contributed by atoms with van der Waals surface area (Å²) in [7, 11) is 0. The van der Waals surface area contributed by atoms with Crippen molar-refractivity contribution in [3.05, 3.63) is 0 Å². The standard InChI is InChI=1S/C9H16O3S/c1-9(2,3)12-8(11)7-13-6-4-5-10/h5H,4,6-7H2,1-3H3. The highest BCUT2D eigenvalue weighted by atomic mass is 32.2. The van der Waals surface area contributed by atoms with Gasteiger partial charge in [0, 0.05) is 12.2 Å². The fraction of sp³-hybridized carbons (Fsp3) is 0.778. The van der Waals surface area contributed by atoms with Crippen LogP contribution in [-0.2, 0) is 14.3 Å². The molecule has 0 bridgehead atoms. The largest absolute Gasteiger partial charge is 0.459 e. The fourth-order valence-electron chi connectivity index (χ4n) is 0.658. The quantitative estimate of drug-likeness (QED) is 0.388. The number of thioether (sulfide) groups is 1. The minimum atomic E-state index is -0.414. The van der Waals surface area contributed by atoms with E-state index in [0.717, 1.165) is 6.29 Å². The summed E-state index contributed by atoms with van der Waals surface area (Å²) in [5.74, 6) is 0.789. The molecule has 0 aliphatic heterocycles. The molecule has 0 aliphatic carbocycles. The number of esters is 1. The van der Waals surface area contributed by atoms with E-state index in [-0.39, 0.29) is 5.97 Å². The maximum atomic E-state index is 11.1. The van der Waals surface area contributed by atoms with Gasteiger partial charge in [-0.2, -0.15) is 0 Å². The monoisotopic (exact) mass is 204 g/mol. The Bertz CT molecular complexity index is 172. The molecule has 0 saturated carbocycles. The molecule has 3 nitrogen and oxygen atoms in total. The van der Waals surface area contributed by atoms with Crippen LogP contribution in [0.2, 0.25) is 0 Å². The summed E-state index contributed by atoms with van der Waals surface area (Å²) >= 11 is 1.42. The number of ether oxygens (including phenoxy) is 1. The van der Waals surface area contributed by atoms with Crippen molar-refractivity contribution in [2.75, 3.05) is 11.5 Å². The van der Waals surface area contributed by atoms with Gasteiger partial charge in [0.05, 0.1) is 5.75 Å². The van der Waals surface area contributed by atoms with Crippen LogP contribution >= 0.6 is 11.8 Å². The molecule has 0 rings (SSSR count). The Morgan fingerprint density at radius 1 is 1.46 bits per heavy atom. The van der Waals surface area contributed by atoms with Crippen LogP contribution in [0.5, 0.6) is 0 Å². The summed E-state index contributed by atoms with van der Waals surface area (Å²) in [5.41, 5.74) is -0.414. The first-order valence-electron chi connectivity index (χ1n) is 4.19. The number of carbonyl (C=O) groups is 2. The Morgan fingerprint density at radius 2 is 2.08 bits per heavy atom. The molecule has 0 fully saturated rings. The molecule has 0 aromatic rings. The van der Waals surface area contributed by atoms with E-state index < -0.39 is 5.60 Å². The third-order valence-electron chi connectivity index (χ3n) is 1.02. The summed E-state index contributed by atoms with van der Waals surface area (Å²) in [4.78, 5) is 21.0. The van der Waals surface area contributed by atoms with Crippen molar-refractivity contribution in [2.24, 2.45) is 0 Å². The first kappa shape index (κ1) is 12.5. The molecule has 4 heteroatoms. The lowest BCUT2D eigenvalue weighted by molar-refractivity contribution is -0.151. The number of carbonyl (C=O) groups excluding carboxylic acids is 2. The van der Waals surface area contributed by atoms with Gasteiger partial charge in [-0.25, -0.2) is 0 Å². The Kier molecular flexibility index (Phi) is 5.79. The van der Waals surface area contributed by atoms with Crippen LogP contribution in [0.15, 0.2) is 0 Å². The molecule has 0 aromatic heterocycles. The van der Waals surface area contributed by atoms with Crippen LogP contribution in [-0.4, -0.2) is 29.4 Å². The second-order valence-corrected chi connectivity index (χ2v) is 4.70. The van der Waals surface area contributed by atoms with Crippen molar-refractivity contribution in [3.63, 3.8) is 0 Å². The van der Waals surface area contributed by atoms with E-state index >= 15 is 0 Å². The van der Waals surface area contributed by atoms with Crippen LogP contribution in [0, 0.1) is 0 Å². The molecule has 0 atom stereocenters. The normalized spacial score (nSPS) is 11.0. The third-order valence-corrected chi connectivity index (χ3v) is 1.98. The summed E-state index contributed by atoms with van der Waals surface area (Å²) in [6.07, 6.45) is 1.34. The Balaban J connectivity index is 3.47. The first-order valence-corrected chi connectivity index (χ1v) is 5.34. The van der Waals surface area contributed by atoms with Gasteiger partial charge in [0.25, 0.3) is 0 Å². The number of rotatable bonds is 5. The molecule has 0 saturated heterocycles.